The molecule has 4 aromatic carbocycles. The molecule has 0 saturated carbocycles. The van der Waals surface area contributed by atoms with Gasteiger partial charge in [-0.15, -0.1) is 0 Å². The molecular weight excluding hydrogens is 611 g/mol. The number of rotatable bonds is 10. The largest absolute Gasteiger partial charge is 0.439 e. The highest BCUT2D eigenvalue weighted by Crippen LogP contribution is 2.41. The Bertz CT molecular complexity index is 2270. The highest BCUT2D eigenvalue weighted by Gasteiger charge is 2.27. The number of hydrogen-bond donors (Lipinski definition) is 1. The smallest absolute Gasteiger partial charge is 0.374 e. The number of aromatic nitrogens is 2. The number of anilines is 1. The zero-order chi connectivity index (χ0) is 32.5. The molecule has 0 atom stereocenters. The maximum Gasteiger partial charge on any atom is 0.374 e. The van der Waals surface area contributed by atoms with E-state index in [0.717, 1.165) is 50.7 Å². The third kappa shape index (κ3) is 6.19. The zero-order valence-electron chi connectivity index (χ0n) is 26.3. The van der Waals surface area contributed by atoms with Crippen LogP contribution in [0.4, 0.5) is 5.69 Å². The lowest BCUT2D eigenvalue weighted by atomic mass is 10.1. The minimum Gasteiger partial charge on any atom is -0.439 e. The third-order valence-corrected chi connectivity index (χ3v) is 9.36. The van der Waals surface area contributed by atoms with Crippen LogP contribution in [0.25, 0.3) is 44.9 Å². The molecule has 1 aliphatic rings. The van der Waals surface area contributed by atoms with Gasteiger partial charge in [-0.2, -0.15) is 13.0 Å². The molecule has 238 valence electrons. The van der Waals surface area contributed by atoms with Crippen molar-refractivity contribution in [3.05, 3.63) is 127 Å². The van der Waals surface area contributed by atoms with Gasteiger partial charge in [0, 0.05) is 37.0 Å². The number of aryl methyl sites for hydroxylation is 1. The molecule has 8 nitrogen and oxygen atoms in total. The molecule has 1 N–H and O–H groups in total. The first-order valence-corrected chi connectivity index (χ1v) is 17.5. The first-order chi connectivity index (χ1) is 22.8. The summed E-state index contributed by atoms with van der Waals surface area (Å²) in [5, 5.41) is 1.19. The van der Waals surface area contributed by atoms with Crippen molar-refractivity contribution in [2.24, 2.45) is 0 Å². The second-order valence-electron chi connectivity index (χ2n) is 11.6. The Morgan fingerprint density at radius 3 is 2.51 bits per heavy atom. The van der Waals surface area contributed by atoms with Crippen LogP contribution in [-0.2, 0) is 16.7 Å². The molecule has 2 aromatic heterocycles. The van der Waals surface area contributed by atoms with Gasteiger partial charge < -0.3 is 18.6 Å². The van der Waals surface area contributed by atoms with Crippen molar-refractivity contribution in [2.75, 3.05) is 17.2 Å². The van der Waals surface area contributed by atoms with E-state index in [1.54, 1.807) is 0 Å². The van der Waals surface area contributed by atoms with Crippen molar-refractivity contribution in [2.45, 2.75) is 33.2 Å². The predicted molar refractivity (Wildman–Crippen MR) is 186 cm³/mol. The fourth-order valence-electron chi connectivity index (χ4n) is 6.20. The molecule has 0 radical (unpaired) electrons. The molecule has 9 heteroatoms. The summed E-state index contributed by atoms with van der Waals surface area (Å²) in [6, 6.07) is 32.8. The average molecular weight is 647 g/mol. The molecule has 0 spiro atoms. The lowest BCUT2D eigenvalue weighted by Gasteiger charge is -2.17. The Morgan fingerprint density at radius 1 is 0.915 bits per heavy atom. The molecule has 7 rings (SSSR count). The number of oxazole rings is 1. The van der Waals surface area contributed by atoms with Crippen LogP contribution in [0.15, 0.2) is 125 Å². The summed E-state index contributed by atoms with van der Waals surface area (Å²) in [4.78, 5) is 2.17. The molecule has 6 aromatic rings. The van der Waals surface area contributed by atoms with Crippen molar-refractivity contribution < 1.29 is 26.7 Å². The number of para-hydroxylation sites is 1. The van der Waals surface area contributed by atoms with Crippen LogP contribution < -0.4 is 14.2 Å². The second kappa shape index (κ2) is 12.6. The molecule has 0 bridgehead atoms. The molecule has 1 aliphatic heterocycles. The number of hydrogen-bond acceptors (Lipinski definition) is 5. The molecule has 47 heavy (non-hydrogen) atoms. The maximum atomic E-state index is 11.5. The maximum absolute atomic E-state index is 11.5. The van der Waals surface area contributed by atoms with Crippen molar-refractivity contribution in [3.63, 3.8) is 0 Å². The van der Waals surface area contributed by atoms with Crippen molar-refractivity contribution in [1.82, 2.24) is 4.57 Å². The highest BCUT2D eigenvalue weighted by molar-refractivity contribution is 7.85. The van der Waals surface area contributed by atoms with Crippen molar-refractivity contribution in [1.29, 1.82) is 0 Å². The van der Waals surface area contributed by atoms with Crippen LogP contribution in [0.5, 0.6) is 5.75 Å². The first kappa shape index (κ1) is 30.5. The van der Waals surface area contributed by atoms with Crippen LogP contribution in [0, 0.1) is 0 Å². The number of ether oxygens (including phenoxy) is 1. The lowest BCUT2D eigenvalue weighted by Crippen LogP contribution is -2.36. The van der Waals surface area contributed by atoms with E-state index >= 15 is 0 Å². The Labute approximate surface area is 274 Å². The topological polar surface area (TPSA) is 88.8 Å². The minimum atomic E-state index is -4.09. The summed E-state index contributed by atoms with van der Waals surface area (Å²) < 4.78 is 49.4. The lowest BCUT2D eigenvalue weighted by molar-refractivity contribution is -0.677. The van der Waals surface area contributed by atoms with E-state index < -0.39 is 10.1 Å². The number of nitrogens with zero attached hydrogens (tertiary/aromatic N) is 3. The quantitative estimate of drug-likeness (QED) is 0.119. The van der Waals surface area contributed by atoms with E-state index in [1.165, 1.54) is 5.39 Å². The minimum absolute atomic E-state index is 0.234. The zero-order valence-corrected chi connectivity index (χ0v) is 27.2. The summed E-state index contributed by atoms with van der Waals surface area (Å²) in [5.74, 6) is 1.78. The average Bonchev–Trinajstić information content (AvgIpc) is 3.76. The number of allylic oxidation sites excluding steroid dienone is 2. The Hall–Kier alpha value is -5.12. The van der Waals surface area contributed by atoms with Gasteiger partial charge in [0.2, 0.25) is 11.5 Å². The van der Waals surface area contributed by atoms with E-state index in [4.69, 9.17) is 9.15 Å². The van der Waals surface area contributed by atoms with E-state index in [-0.39, 0.29) is 12.2 Å². The monoisotopic (exact) mass is 646 g/mol. The fourth-order valence-corrected chi connectivity index (χ4v) is 6.69. The van der Waals surface area contributed by atoms with E-state index in [1.807, 2.05) is 59.2 Å². The van der Waals surface area contributed by atoms with Gasteiger partial charge in [-0.3, -0.25) is 4.55 Å². The summed E-state index contributed by atoms with van der Waals surface area (Å²) in [6.45, 7) is 5.25. The van der Waals surface area contributed by atoms with Gasteiger partial charge in [0.15, 0.2) is 12.3 Å². The predicted octanol–water partition coefficient (Wildman–Crippen LogP) is 8.16. The van der Waals surface area contributed by atoms with Crippen LogP contribution in [-0.4, -0.2) is 29.8 Å². The third-order valence-electron chi connectivity index (χ3n) is 8.56. The van der Waals surface area contributed by atoms with Crippen LogP contribution in [0.3, 0.4) is 0 Å². The summed E-state index contributed by atoms with van der Waals surface area (Å²) in [7, 11) is -4.09. The van der Waals surface area contributed by atoms with Crippen LogP contribution in [0.2, 0.25) is 0 Å². The summed E-state index contributed by atoms with van der Waals surface area (Å²) in [6.07, 6.45) is 7.06. The summed E-state index contributed by atoms with van der Waals surface area (Å²) >= 11 is 0. The second-order valence-corrected chi connectivity index (χ2v) is 13.2. The van der Waals surface area contributed by atoms with E-state index in [2.05, 4.69) is 84.1 Å². The van der Waals surface area contributed by atoms with E-state index in [9.17, 15) is 13.0 Å². The molecule has 0 fully saturated rings. The van der Waals surface area contributed by atoms with Gasteiger partial charge in [0.1, 0.15) is 0 Å². The molecule has 0 saturated heterocycles. The molecule has 0 unspecified atom stereocenters. The number of benzene rings is 4. The van der Waals surface area contributed by atoms with Gasteiger partial charge in [-0.05, 0) is 71.8 Å². The Balaban J connectivity index is 1.25. The highest BCUT2D eigenvalue weighted by atomic mass is 32.2. The van der Waals surface area contributed by atoms with Crippen LogP contribution >= 0.6 is 0 Å². The van der Waals surface area contributed by atoms with Gasteiger partial charge in [0.05, 0.1) is 23.0 Å². The molecule has 0 amide bonds. The molecule has 0 aliphatic carbocycles. The van der Waals surface area contributed by atoms with Gasteiger partial charge in [-0.1, -0.05) is 61.5 Å². The Morgan fingerprint density at radius 2 is 1.72 bits per heavy atom. The van der Waals surface area contributed by atoms with Gasteiger partial charge >= 0.3 is 5.89 Å². The van der Waals surface area contributed by atoms with Crippen LogP contribution in [0.1, 0.15) is 32.6 Å². The number of fused-ring (bicyclic) bond motifs is 3. The summed E-state index contributed by atoms with van der Waals surface area (Å²) in [5.41, 5.74) is 7.82. The van der Waals surface area contributed by atoms with E-state index in [0.29, 0.717) is 31.0 Å². The Kier molecular flexibility index (Phi) is 8.17. The SMILES string of the molecule is CCC(/C=C1\Oc2ccc(-n3ccc4ccccc43)cc2N1CC)=C\c1oc2ccc(-c3ccccc3)cc2[n+]1CCCS(=O)(=O)O. The van der Waals surface area contributed by atoms with Crippen molar-refractivity contribution in [3.8, 4) is 22.6 Å². The van der Waals surface area contributed by atoms with Crippen molar-refractivity contribution >= 4 is 43.9 Å². The first-order valence-electron chi connectivity index (χ1n) is 15.9. The van der Waals surface area contributed by atoms with Gasteiger partial charge in [0.25, 0.3) is 15.6 Å². The molecule has 3 heterocycles. The standard InChI is InChI=1S/C38H35N3O5S/c1-3-27(23-37-39(4-2)34-26-31(16-18-36(34)45-37)40-21-19-29-13-8-9-14-32(29)40)24-38-41(20-10-22-47(42,43)44)33-25-30(15-17-35(33)46-38)28-11-6-5-7-12-28/h5-9,11-19,21,23-26H,3-4,10,20,22H2,1-2H3/p+1. The normalized spacial score (nSPS) is 14.3. The molecular formula is C38H36N3O5S+. The fraction of sp³-hybridized carbons (Fsp3) is 0.184. The van der Waals surface area contributed by atoms with Gasteiger partial charge in [-0.25, -0.2) is 0 Å².